The van der Waals surface area contributed by atoms with E-state index in [1.807, 2.05) is 6.21 Å². The first-order chi connectivity index (χ1) is 6.29. The molecule has 0 radical (unpaired) electrons. The summed E-state index contributed by atoms with van der Waals surface area (Å²) < 4.78 is 0. The van der Waals surface area contributed by atoms with E-state index >= 15 is 0 Å². The zero-order chi connectivity index (χ0) is 9.52. The first kappa shape index (κ1) is 10.0. The van der Waals surface area contributed by atoms with E-state index in [1.54, 1.807) is 0 Å². The van der Waals surface area contributed by atoms with Gasteiger partial charge in [-0.05, 0) is 18.8 Å². The number of rotatable bonds is 2. The van der Waals surface area contributed by atoms with Gasteiger partial charge in [0.1, 0.15) is 0 Å². The van der Waals surface area contributed by atoms with Gasteiger partial charge in [0.15, 0.2) is 0 Å². The largest absolute Gasteiger partial charge is 0.369 e. The molecule has 13 heavy (non-hydrogen) atoms. The highest BCUT2D eigenvalue weighted by molar-refractivity contribution is 5.76. The Morgan fingerprint density at radius 3 is 2.23 bits per heavy atom. The smallest absolute Gasteiger partial charge is 0.211 e. The molecule has 0 spiro atoms. The topological polar surface area (TPSA) is 76.8 Å². The molecule has 4 N–H and O–H groups in total. The van der Waals surface area contributed by atoms with Gasteiger partial charge < -0.3 is 11.5 Å². The summed E-state index contributed by atoms with van der Waals surface area (Å²) in [7, 11) is 0. The van der Waals surface area contributed by atoms with Gasteiger partial charge in [0, 0.05) is 6.21 Å². The van der Waals surface area contributed by atoms with Crippen LogP contribution in [0.3, 0.4) is 0 Å². The fraction of sp³-hybridized carbons (Fsp3) is 0.778. The molecule has 0 unspecified atom stereocenters. The summed E-state index contributed by atoms with van der Waals surface area (Å²) >= 11 is 0. The Kier molecular flexibility index (Phi) is 4.29. The fourth-order valence-electron chi connectivity index (χ4n) is 1.65. The van der Waals surface area contributed by atoms with Gasteiger partial charge in [-0.15, -0.1) is 5.10 Å². The predicted molar refractivity (Wildman–Crippen MR) is 55.5 cm³/mol. The molecule has 74 valence electrons. The van der Waals surface area contributed by atoms with Crippen LogP contribution in [0.1, 0.15) is 38.5 Å². The summed E-state index contributed by atoms with van der Waals surface area (Å²) in [4.78, 5) is 0. The lowest BCUT2D eigenvalue weighted by molar-refractivity contribution is 0.600. The molecule has 1 fully saturated rings. The lowest BCUT2D eigenvalue weighted by Gasteiger charge is -2.04. The van der Waals surface area contributed by atoms with Crippen molar-refractivity contribution in [3.63, 3.8) is 0 Å². The van der Waals surface area contributed by atoms with Gasteiger partial charge in [0.25, 0.3) is 0 Å². The average Bonchev–Trinajstić information content (AvgIpc) is 2.32. The Balaban J connectivity index is 2.33. The second kappa shape index (κ2) is 5.56. The molecule has 0 aromatic carbocycles. The van der Waals surface area contributed by atoms with E-state index in [4.69, 9.17) is 11.5 Å². The van der Waals surface area contributed by atoms with Gasteiger partial charge in [-0.3, -0.25) is 0 Å². The Morgan fingerprint density at radius 2 is 1.69 bits per heavy atom. The van der Waals surface area contributed by atoms with E-state index in [-0.39, 0.29) is 5.96 Å². The summed E-state index contributed by atoms with van der Waals surface area (Å²) in [5.74, 6) is 0.607. The zero-order valence-electron chi connectivity index (χ0n) is 7.95. The van der Waals surface area contributed by atoms with Crippen molar-refractivity contribution in [1.82, 2.24) is 0 Å². The maximum absolute atomic E-state index is 5.15. The molecule has 4 heteroatoms. The summed E-state index contributed by atoms with van der Waals surface area (Å²) in [5, 5.41) is 7.44. The predicted octanol–water partition coefficient (Wildman–Crippen LogP) is 1.22. The molecule has 0 aromatic rings. The number of nitrogens with zero attached hydrogens (tertiary/aromatic N) is 2. The summed E-state index contributed by atoms with van der Waals surface area (Å²) in [6.45, 7) is 0. The number of guanidine groups is 1. The average molecular weight is 182 g/mol. The monoisotopic (exact) mass is 182 g/mol. The Bertz CT molecular complexity index is 186. The van der Waals surface area contributed by atoms with Crippen molar-refractivity contribution in [1.29, 1.82) is 0 Å². The number of nitrogens with two attached hydrogens (primary N) is 2. The molecule has 0 atom stereocenters. The van der Waals surface area contributed by atoms with Crippen molar-refractivity contribution in [2.24, 2.45) is 27.6 Å². The second-order valence-electron chi connectivity index (χ2n) is 3.54. The van der Waals surface area contributed by atoms with E-state index in [0.29, 0.717) is 5.92 Å². The van der Waals surface area contributed by atoms with Crippen LogP contribution in [-0.2, 0) is 0 Å². The molecule has 1 rings (SSSR count). The standard InChI is InChI=1S/C9H18N4/c10-9(11)13-12-7-8-5-3-1-2-4-6-8/h7-8H,1-6H2,(H4,10,11,13)/b12-7+. The van der Waals surface area contributed by atoms with Gasteiger partial charge in [-0.25, -0.2) is 0 Å². The van der Waals surface area contributed by atoms with Crippen molar-refractivity contribution in [3.8, 4) is 0 Å². The minimum Gasteiger partial charge on any atom is -0.369 e. The molecule has 0 heterocycles. The SMILES string of the molecule is NC(N)=N/N=C/C1CCCCCC1. The van der Waals surface area contributed by atoms with E-state index in [9.17, 15) is 0 Å². The number of hydrogen-bond donors (Lipinski definition) is 2. The van der Waals surface area contributed by atoms with E-state index in [1.165, 1.54) is 38.5 Å². The molecule has 4 nitrogen and oxygen atoms in total. The van der Waals surface area contributed by atoms with Crippen molar-refractivity contribution in [2.75, 3.05) is 0 Å². The van der Waals surface area contributed by atoms with Crippen molar-refractivity contribution >= 4 is 12.2 Å². The van der Waals surface area contributed by atoms with Crippen LogP contribution in [0.2, 0.25) is 0 Å². The summed E-state index contributed by atoms with van der Waals surface area (Å²) in [5.41, 5.74) is 10.3. The van der Waals surface area contributed by atoms with E-state index in [2.05, 4.69) is 10.2 Å². The molecule has 1 aliphatic rings. The lowest BCUT2D eigenvalue weighted by Crippen LogP contribution is -2.21. The third-order valence-electron chi connectivity index (χ3n) is 2.35. The molecular formula is C9H18N4. The van der Waals surface area contributed by atoms with Gasteiger partial charge in [-0.1, -0.05) is 25.7 Å². The van der Waals surface area contributed by atoms with Crippen LogP contribution < -0.4 is 11.5 Å². The third-order valence-corrected chi connectivity index (χ3v) is 2.35. The Hall–Kier alpha value is -1.06. The highest BCUT2D eigenvalue weighted by Gasteiger charge is 2.09. The van der Waals surface area contributed by atoms with Gasteiger partial charge in [0.05, 0.1) is 0 Å². The van der Waals surface area contributed by atoms with Crippen LogP contribution in [-0.4, -0.2) is 12.2 Å². The molecule has 0 amide bonds. The van der Waals surface area contributed by atoms with Gasteiger partial charge >= 0.3 is 0 Å². The molecule has 0 saturated heterocycles. The molecule has 0 aromatic heterocycles. The van der Waals surface area contributed by atoms with Crippen molar-refractivity contribution < 1.29 is 0 Å². The maximum Gasteiger partial charge on any atom is 0.211 e. The summed E-state index contributed by atoms with van der Waals surface area (Å²) in [6, 6.07) is 0. The highest BCUT2D eigenvalue weighted by atomic mass is 15.3. The maximum atomic E-state index is 5.15. The van der Waals surface area contributed by atoms with Gasteiger partial charge in [0.2, 0.25) is 5.96 Å². The van der Waals surface area contributed by atoms with Crippen molar-refractivity contribution in [2.45, 2.75) is 38.5 Å². The van der Waals surface area contributed by atoms with Crippen LogP contribution in [0.5, 0.6) is 0 Å². The first-order valence-electron chi connectivity index (χ1n) is 4.91. The summed E-state index contributed by atoms with van der Waals surface area (Å²) in [6.07, 6.45) is 9.65. The minimum atomic E-state index is 0.0323. The minimum absolute atomic E-state index is 0.0323. The van der Waals surface area contributed by atoms with E-state index in [0.717, 1.165) is 0 Å². The van der Waals surface area contributed by atoms with Crippen LogP contribution in [0.15, 0.2) is 10.2 Å². The lowest BCUT2D eigenvalue weighted by atomic mass is 10.0. The first-order valence-corrected chi connectivity index (χ1v) is 4.91. The van der Waals surface area contributed by atoms with Crippen molar-refractivity contribution in [3.05, 3.63) is 0 Å². The normalized spacial score (nSPS) is 20.0. The Labute approximate surface area is 79.1 Å². The molecule has 1 saturated carbocycles. The Morgan fingerprint density at radius 1 is 1.08 bits per heavy atom. The van der Waals surface area contributed by atoms with Crippen LogP contribution in [0, 0.1) is 5.92 Å². The van der Waals surface area contributed by atoms with Crippen LogP contribution in [0.25, 0.3) is 0 Å². The molecule has 0 aliphatic heterocycles. The molecule has 1 aliphatic carbocycles. The fourth-order valence-corrected chi connectivity index (χ4v) is 1.65. The van der Waals surface area contributed by atoms with Gasteiger partial charge in [-0.2, -0.15) is 5.10 Å². The third kappa shape index (κ3) is 4.50. The number of hydrogen-bond acceptors (Lipinski definition) is 2. The quantitative estimate of drug-likeness (QED) is 0.291. The molecule has 0 bridgehead atoms. The van der Waals surface area contributed by atoms with Crippen LogP contribution >= 0.6 is 0 Å². The van der Waals surface area contributed by atoms with E-state index < -0.39 is 0 Å². The molecular weight excluding hydrogens is 164 g/mol. The zero-order valence-corrected chi connectivity index (χ0v) is 7.95. The highest BCUT2D eigenvalue weighted by Crippen LogP contribution is 2.21. The van der Waals surface area contributed by atoms with Crippen LogP contribution in [0.4, 0.5) is 0 Å². The second-order valence-corrected chi connectivity index (χ2v) is 3.54.